The summed E-state index contributed by atoms with van der Waals surface area (Å²) in [5.74, 6) is 0.121. The van der Waals surface area contributed by atoms with Gasteiger partial charge < -0.3 is 14.4 Å². The minimum absolute atomic E-state index is 0.175. The number of likely N-dealkylation sites (tertiary alicyclic amines) is 2. The van der Waals surface area contributed by atoms with Crippen molar-refractivity contribution < 1.29 is 19.1 Å². The summed E-state index contributed by atoms with van der Waals surface area (Å²) in [7, 11) is 2.02. The van der Waals surface area contributed by atoms with Crippen LogP contribution in [0.3, 0.4) is 0 Å². The Morgan fingerprint density at radius 3 is 2.38 bits per heavy atom. The number of ether oxygens (including phenoxy) is 2. The zero-order chi connectivity index (χ0) is 36.9. The summed E-state index contributed by atoms with van der Waals surface area (Å²) in [6.45, 7) is 15.3. The highest BCUT2D eigenvalue weighted by molar-refractivity contribution is 7.22. The van der Waals surface area contributed by atoms with Gasteiger partial charge in [-0.3, -0.25) is 14.4 Å². The molecule has 2 saturated heterocycles. The fourth-order valence-corrected chi connectivity index (χ4v) is 9.21. The third-order valence-corrected chi connectivity index (χ3v) is 11.9. The topological polar surface area (TPSA) is 89.8 Å². The fourth-order valence-electron chi connectivity index (χ4n) is 7.96. The lowest BCUT2D eigenvalue weighted by Gasteiger charge is -2.35. The number of thiazole rings is 1. The number of esters is 1. The number of halogens is 1. The highest BCUT2D eigenvalue weighted by Gasteiger charge is 2.35. The van der Waals surface area contributed by atoms with E-state index in [1.54, 1.807) is 18.3 Å². The predicted molar refractivity (Wildman–Crippen MR) is 209 cm³/mol. The first-order valence-electron chi connectivity index (χ1n) is 18.3. The Bertz CT molecular complexity index is 2130. The van der Waals surface area contributed by atoms with E-state index in [9.17, 15) is 9.59 Å². The van der Waals surface area contributed by atoms with Crippen molar-refractivity contribution >= 4 is 55.9 Å². The van der Waals surface area contributed by atoms with Gasteiger partial charge in [0.2, 0.25) is 5.91 Å². The summed E-state index contributed by atoms with van der Waals surface area (Å²) in [5, 5.41) is 7.77. The molecule has 2 fully saturated rings. The molecule has 2 aliphatic rings. The molecule has 9 nitrogen and oxygen atoms in total. The maximum Gasteiger partial charge on any atom is 0.339 e. The third-order valence-electron chi connectivity index (χ3n) is 10.5. The Morgan fingerprint density at radius 2 is 1.73 bits per heavy atom. The van der Waals surface area contributed by atoms with Gasteiger partial charge in [0.25, 0.3) is 0 Å². The summed E-state index contributed by atoms with van der Waals surface area (Å²) in [5.41, 5.74) is 7.05. The summed E-state index contributed by atoms with van der Waals surface area (Å²) < 4.78 is 15.0. The molecule has 52 heavy (non-hydrogen) atoms. The van der Waals surface area contributed by atoms with Gasteiger partial charge in [-0.05, 0) is 114 Å². The molecule has 2 aliphatic heterocycles. The molecular formula is C41H48ClN5O4S. The van der Waals surface area contributed by atoms with Crippen molar-refractivity contribution in [3.8, 4) is 21.7 Å². The number of piperidine rings is 1. The zero-order valence-electron chi connectivity index (χ0n) is 31.2. The predicted octanol–water partition coefficient (Wildman–Crippen LogP) is 8.70. The highest BCUT2D eigenvalue weighted by Crippen LogP contribution is 2.45. The first-order chi connectivity index (χ1) is 24.8. The second-order valence-corrected chi connectivity index (χ2v) is 16.6. The number of nitrogens with zero attached hydrogens (tertiary/aromatic N) is 5. The molecule has 5 aromatic rings. The van der Waals surface area contributed by atoms with Crippen molar-refractivity contribution in [1.29, 1.82) is 0 Å². The molecule has 1 amide bonds. The van der Waals surface area contributed by atoms with Crippen LogP contribution >= 0.6 is 22.9 Å². The van der Waals surface area contributed by atoms with Crippen LogP contribution in [0.2, 0.25) is 5.02 Å². The van der Waals surface area contributed by atoms with Crippen molar-refractivity contribution in [2.24, 2.45) is 7.05 Å². The summed E-state index contributed by atoms with van der Waals surface area (Å²) in [6, 6.07) is 16.8. The van der Waals surface area contributed by atoms with Gasteiger partial charge in [-0.1, -0.05) is 23.7 Å². The molecule has 11 heteroatoms. The number of aromatic nitrogens is 3. The standard InChI is InChI=1S/C41H48ClN5O4S/c1-8-50-40(49)37(51-41(4,5)6)34-24(2)21-32-38(35(34)26-9-12-29(42)13-10-26)52-39(43-32)28-11-14-33-31(22-28)36(44-45(33)7)27-15-18-46(19-16-27)30-17-20-47(23-30)25(3)48/h9-14,21-22,27,30,37H,8,15-20,23H2,1-7H3/t30-,37+/m1/s1. The van der Waals surface area contributed by atoms with Gasteiger partial charge in [-0.25, -0.2) is 9.78 Å². The van der Waals surface area contributed by atoms with Gasteiger partial charge in [0.15, 0.2) is 6.10 Å². The quantitative estimate of drug-likeness (QED) is 0.147. The molecule has 0 bridgehead atoms. The largest absolute Gasteiger partial charge is 0.464 e. The van der Waals surface area contributed by atoms with Gasteiger partial charge in [0.05, 0.1) is 33.6 Å². The van der Waals surface area contributed by atoms with Crippen LogP contribution in [0.15, 0.2) is 48.5 Å². The van der Waals surface area contributed by atoms with Crippen molar-refractivity contribution in [2.75, 3.05) is 32.8 Å². The van der Waals surface area contributed by atoms with Crippen molar-refractivity contribution in [1.82, 2.24) is 24.6 Å². The number of hydrogen-bond acceptors (Lipinski definition) is 8. The lowest BCUT2D eigenvalue weighted by Crippen LogP contribution is -2.43. The average Bonchev–Trinajstić information content (AvgIpc) is 3.85. The summed E-state index contributed by atoms with van der Waals surface area (Å²) >= 11 is 7.97. The van der Waals surface area contributed by atoms with Gasteiger partial charge in [0.1, 0.15) is 5.01 Å². The van der Waals surface area contributed by atoms with Crippen LogP contribution in [0.4, 0.5) is 0 Å². The Morgan fingerprint density at radius 1 is 1.02 bits per heavy atom. The normalized spacial score (nSPS) is 18.1. The van der Waals surface area contributed by atoms with E-state index >= 15 is 0 Å². The van der Waals surface area contributed by atoms with E-state index in [1.807, 2.05) is 75.5 Å². The van der Waals surface area contributed by atoms with Crippen molar-refractivity contribution in [3.63, 3.8) is 0 Å². The number of rotatable bonds is 8. The van der Waals surface area contributed by atoms with Crippen molar-refractivity contribution in [3.05, 3.63) is 70.4 Å². The summed E-state index contributed by atoms with van der Waals surface area (Å²) in [4.78, 5) is 35.3. The molecule has 0 saturated carbocycles. The number of hydrogen-bond donors (Lipinski definition) is 0. The van der Waals surface area contributed by atoms with Crippen LogP contribution in [-0.4, -0.2) is 80.9 Å². The minimum Gasteiger partial charge on any atom is -0.464 e. The Kier molecular flexibility index (Phi) is 10.2. The van der Waals surface area contributed by atoms with E-state index in [1.165, 1.54) is 0 Å². The molecule has 0 unspecified atom stereocenters. The molecular weight excluding hydrogens is 694 g/mol. The van der Waals surface area contributed by atoms with Crippen LogP contribution in [0.1, 0.15) is 82.7 Å². The fraction of sp³-hybridized carbons (Fsp3) is 0.463. The van der Waals surface area contributed by atoms with E-state index in [2.05, 4.69) is 29.2 Å². The van der Waals surface area contributed by atoms with E-state index < -0.39 is 17.7 Å². The smallest absolute Gasteiger partial charge is 0.339 e. The lowest BCUT2D eigenvalue weighted by atomic mass is 9.90. The molecule has 3 aromatic carbocycles. The number of carbonyl (C=O) groups excluding carboxylic acids is 2. The monoisotopic (exact) mass is 741 g/mol. The van der Waals surface area contributed by atoms with Gasteiger partial charge in [-0.15, -0.1) is 11.3 Å². The number of carbonyl (C=O) groups is 2. The molecule has 274 valence electrons. The summed E-state index contributed by atoms with van der Waals surface area (Å²) in [6.07, 6.45) is 2.20. The first kappa shape index (κ1) is 36.5. The highest BCUT2D eigenvalue weighted by atomic mass is 35.5. The van der Waals surface area contributed by atoms with E-state index in [0.717, 1.165) is 105 Å². The molecule has 0 N–H and O–H groups in total. The molecule has 7 rings (SSSR count). The molecule has 4 heterocycles. The van der Waals surface area contributed by atoms with E-state index in [-0.39, 0.29) is 12.5 Å². The zero-order valence-corrected chi connectivity index (χ0v) is 32.7. The molecule has 0 aliphatic carbocycles. The number of aryl methyl sites for hydroxylation is 2. The average molecular weight is 742 g/mol. The van der Waals surface area contributed by atoms with Crippen LogP contribution in [0.25, 0.3) is 42.8 Å². The van der Waals surface area contributed by atoms with Crippen LogP contribution in [-0.2, 0) is 26.1 Å². The van der Waals surface area contributed by atoms with Gasteiger partial charge in [0, 0.05) is 66.1 Å². The molecule has 0 spiro atoms. The third kappa shape index (κ3) is 7.23. The number of benzene rings is 3. The van der Waals surface area contributed by atoms with Gasteiger partial charge >= 0.3 is 5.97 Å². The SMILES string of the molecule is CCOC(=O)[C@@H](OC(C)(C)C)c1c(C)cc2nc(-c3ccc4c(c3)c(C3CCN([C@@H]5CCN(C(C)=O)C5)CC3)nn4C)sc2c1-c1ccc(Cl)cc1. The Hall–Kier alpha value is -3.83. The molecule has 2 aromatic heterocycles. The van der Waals surface area contributed by atoms with Crippen molar-refractivity contribution in [2.45, 2.75) is 84.5 Å². The van der Waals surface area contributed by atoms with Gasteiger partial charge in [-0.2, -0.15) is 5.10 Å². The molecule has 0 radical (unpaired) electrons. The maximum atomic E-state index is 13.6. The number of fused-ring (bicyclic) bond motifs is 2. The Labute approximate surface area is 314 Å². The maximum absolute atomic E-state index is 13.6. The lowest BCUT2D eigenvalue weighted by molar-refractivity contribution is -0.166. The van der Waals surface area contributed by atoms with Crippen LogP contribution in [0.5, 0.6) is 0 Å². The van der Waals surface area contributed by atoms with E-state index in [0.29, 0.717) is 17.0 Å². The second kappa shape index (κ2) is 14.5. The van der Waals surface area contributed by atoms with Crippen LogP contribution < -0.4 is 0 Å². The first-order valence-corrected chi connectivity index (χ1v) is 19.5. The number of amides is 1. The Balaban J connectivity index is 1.27. The van der Waals surface area contributed by atoms with Crippen LogP contribution in [0, 0.1) is 6.92 Å². The second-order valence-electron chi connectivity index (χ2n) is 15.2. The molecule has 2 atom stereocenters. The minimum atomic E-state index is -0.928. The van der Waals surface area contributed by atoms with E-state index in [4.69, 9.17) is 31.2 Å².